The fourth-order valence-electron chi connectivity index (χ4n) is 5.93. The normalized spacial score (nSPS) is 15.6. The summed E-state index contributed by atoms with van der Waals surface area (Å²) in [5.74, 6) is -0.450. The highest BCUT2D eigenvalue weighted by Crippen LogP contribution is 2.40. The van der Waals surface area contributed by atoms with Crippen molar-refractivity contribution in [3.63, 3.8) is 0 Å². The number of phenolic OH excluding ortho intramolecular Hbond substituents is 1. The molecular weight excluding hydrogens is 587 g/mol. The zero-order chi connectivity index (χ0) is 33.4. The summed E-state index contributed by atoms with van der Waals surface area (Å²) in [5.41, 5.74) is 3.21. The molecule has 1 saturated heterocycles. The maximum absolute atomic E-state index is 15.1. The molecule has 2 aromatic heterocycles. The van der Waals surface area contributed by atoms with Gasteiger partial charge in [-0.1, -0.05) is 30.3 Å². The van der Waals surface area contributed by atoms with E-state index in [1.807, 2.05) is 39.8 Å². The van der Waals surface area contributed by atoms with Crippen LogP contribution < -0.4 is 4.90 Å². The number of aromatic hydroxyl groups is 1. The first-order valence-electron chi connectivity index (χ1n) is 15.5. The number of esters is 1. The average Bonchev–Trinajstić information content (AvgIpc) is 3.44. The molecule has 0 spiro atoms. The Hall–Kier alpha value is -4.28. The molecule has 0 unspecified atom stereocenters. The molecule has 2 aromatic carbocycles. The van der Waals surface area contributed by atoms with Crippen molar-refractivity contribution in [2.75, 3.05) is 31.7 Å². The Morgan fingerprint density at radius 2 is 1.85 bits per heavy atom. The van der Waals surface area contributed by atoms with Crippen LogP contribution in [0.1, 0.15) is 63.5 Å². The number of ether oxygens (including phenoxy) is 3. The second kappa shape index (κ2) is 12.8. The number of nitrogens with zero attached hydrogens (tertiary/aromatic N) is 4. The van der Waals surface area contributed by atoms with E-state index in [2.05, 4.69) is 18.4 Å². The number of carbonyl (C=O) groups excluding carboxylic acids is 1. The molecule has 0 bridgehead atoms. The number of piperidine rings is 1. The van der Waals surface area contributed by atoms with Gasteiger partial charge in [0, 0.05) is 30.4 Å². The summed E-state index contributed by atoms with van der Waals surface area (Å²) in [6, 6.07) is 12.2. The first-order chi connectivity index (χ1) is 21.7. The number of rotatable bonds is 9. The Morgan fingerprint density at radius 3 is 2.50 bits per heavy atom. The number of methoxy groups -OCH3 is 1. The number of carbonyl (C=O) groups is 1. The van der Waals surface area contributed by atoms with E-state index in [1.165, 1.54) is 13.2 Å². The highest BCUT2D eigenvalue weighted by Gasteiger charge is 2.38. The fourth-order valence-corrected chi connectivity index (χ4v) is 5.93. The summed E-state index contributed by atoms with van der Waals surface area (Å²) in [6.07, 6.45) is 2.19. The van der Waals surface area contributed by atoms with Crippen molar-refractivity contribution in [1.82, 2.24) is 14.6 Å². The zero-order valence-corrected chi connectivity index (χ0v) is 27.7. The number of aromatic nitrogens is 3. The molecule has 0 radical (unpaired) electrons. The van der Waals surface area contributed by atoms with Crippen LogP contribution in [0.2, 0.25) is 0 Å². The predicted octanol–water partition coefficient (Wildman–Crippen LogP) is 7.12. The quantitative estimate of drug-likeness (QED) is 0.154. The highest BCUT2D eigenvalue weighted by molar-refractivity contribution is 5.81. The molecule has 244 valence electrons. The van der Waals surface area contributed by atoms with Crippen molar-refractivity contribution < 1.29 is 28.5 Å². The lowest BCUT2D eigenvalue weighted by molar-refractivity contribution is -0.164. The van der Waals surface area contributed by atoms with Crippen LogP contribution in [0.25, 0.3) is 28.0 Å². The van der Waals surface area contributed by atoms with E-state index >= 15 is 4.39 Å². The predicted molar refractivity (Wildman–Crippen MR) is 177 cm³/mol. The van der Waals surface area contributed by atoms with Gasteiger partial charge in [-0.3, -0.25) is 0 Å². The van der Waals surface area contributed by atoms with Crippen LogP contribution in [0, 0.1) is 19.7 Å². The third-order valence-electron chi connectivity index (χ3n) is 8.38. The number of benzene rings is 2. The average molecular weight is 631 g/mol. The summed E-state index contributed by atoms with van der Waals surface area (Å²) in [7, 11) is 1.35. The highest BCUT2D eigenvalue weighted by atomic mass is 19.1. The molecule has 46 heavy (non-hydrogen) atoms. The first kappa shape index (κ1) is 33.1. The van der Waals surface area contributed by atoms with Crippen molar-refractivity contribution in [1.29, 1.82) is 0 Å². The van der Waals surface area contributed by atoms with E-state index in [1.54, 1.807) is 41.8 Å². The Morgan fingerprint density at radius 1 is 1.15 bits per heavy atom. The van der Waals surface area contributed by atoms with Gasteiger partial charge in [0.25, 0.3) is 0 Å². The number of phenols is 1. The van der Waals surface area contributed by atoms with Crippen molar-refractivity contribution in [3.05, 3.63) is 77.8 Å². The lowest BCUT2D eigenvalue weighted by Gasteiger charge is -2.41. The summed E-state index contributed by atoms with van der Waals surface area (Å²) < 4.78 is 34.6. The minimum atomic E-state index is -1.05. The summed E-state index contributed by atoms with van der Waals surface area (Å²) in [6.45, 7) is 16.8. The first-order valence-corrected chi connectivity index (χ1v) is 15.5. The van der Waals surface area contributed by atoms with Crippen LogP contribution in [-0.4, -0.2) is 63.7 Å². The molecule has 0 saturated carbocycles. The third kappa shape index (κ3) is 6.64. The Labute approximate surface area is 269 Å². The summed E-state index contributed by atoms with van der Waals surface area (Å²) in [4.78, 5) is 20.4. The number of hydrogen-bond acceptors (Lipinski definition) is 8. The van der Waals surface area contributed by atoms with E-state index in [0.29, 0.717) is 64.8 Å². The van der Waals surface area contributed by atoms with Gasteiger partial charge >= 0.3 is 5.97 Å². The topological polar surface area (TPSA) is 98.4 Å². The van der Waals surface area contributed by atoms with Gasteiger partial charge in [0.2, 0.25) is 0 Å². The maximum Gasteiger partial charge on any atom is 0.339 e. The van der Waals surface area contributed by atoms with Gasteiger partial charge in [-0.15, -0.1) is 6.58 Å². The Bertz CT molecular complexity index is 1770. The molecule has 1 aliphatic heterocycles. The monoisotopic (exact) mass is 630 g/mol. The Balaban J connectivity index is 1.67. The maximum atomic E-state index is 15.1. The van der Waals surface area contributed by atoms with Crippen LogP contribution in [0.3, 0.4) is 0 Å². The van der Waals surface area contributed by atoms with E-state index in [0.717, 1.165) is 12.8 Å². The smallest absolute Gasteiger partial charge is 0.339 e. The molecule has 1 N–H and O–H groups in total. The molecule has 9 nitrogen and oxygen atoms in total. The third-order valence-corrected chi connectivity index (χ3v) is 8.38. The number of fused-ring (bicyclic) bond motifs is 1. The van der Waals surface area contributed by atoms with Gasteiger partial charge < -0.3 is 24.2 Å². The van der Waals surface area contributed by atoms with Gasteiger partial charge in [-0.25, -0.2) is 14.2 Å². The molecule has 1 fully saturated rings. The van der Waals surface area contributed by atoms with Gasteiger partial charge in [0.15, 0.2) is 11.8 Å². The van der Waals surface area contributed by atoms with Gasteiger partial charge in [-0.2, -0.15) is 9.61 Å². The van der Waals surface area contributed by atoms with E-state index in [-0.39, 0.29) is 16.9 Å². The SMILES string of the molecule is C=CCOC1(C)CCN(c2c([C@H](OC(C)(C)C)C(=O)OC)c(C)nc3cc(-c4cccc(-c5c(O)ccc(C)c5F)c4)nn23)CC1. The van der Waals surface area contributed by atoms with Crippen molar-refractivity contribution >= 4 is 17.4 Å². The van der Waals surface area contributed by atoms with Crippen LogP contribution in [-0.2, 0) is 19.0 Å². The van der Waals surface area contributed by atoms with Crippen molar-refractivity contribution in [3.8, 4) is 28.1 Å². The largest absolute Gasteiger partial charge is 0.507 e. The van der Waals surface area contributed by atoms with Gasteiger partial charge in [0.1, 0.15) is 17.4 Å². The van der Waals surface area contributed by atoms with Crippen LogP contribution >= 0.6 is 0 Å². The van der Waals surface area contributed by atoms with E-state index in [9.17, 15) is 9.90 Å². The van der Waals surface area contributed by atoms with E-state index < -0.39 is 23.5 Å². The van der Waals surface area contributed by atoms with Crippen LogP contribution in [0.5, 0.6) is 5.75 Å². The number of anilines is 1. The zero-order valence-electron chi connectivity index (χ0n) is 27.7. The standard InChI is InChI=1S/C36H43FN4O5/c1-9-19-45-36(7)15-17-40(18-16-36)33-29(32(34(43)44-8)46-35(4,5)6)23(3)38-28-21-26(39-41(28)33)24-11-10-12-25(20-24)30-27(42)14-13-22(2)31(30)37/h9-14,20-21,32,42H,1,15-19H2,2-8H3/t32-/m0/s1. The molecule has 0 aliphatic carbocycles. The number of hydrogen-bond donors (Lipinski definition) is 1. The lowest BCUT2D eigenvalue weighted by atomic mass is 9.92. The molecule has 0 amide bonds. The molecule has 5 rings (SSSR count). The number of halogens is 1. The van der Waals surface area contributed by atoms with Gasteiger partial charge in [0.05, 0.1) is 41.7 Å². The molecule has 3 heterocycles. The fraction of sp³-hybridized carbons (Fsp3) is 0.417. The Kier molecular flexibility index (Phi) is 9.24. The summed E-state index contributed by atoms with van der Waals surface area (Å²) in [5, 5.41) is 15.5. The molecule has 1 aliphatic rings. The molecule has 1 atom stereocenters. The number of aryl methyl sites for hydroxylation is 2. The van der Waals surface area contributed by atoms with Crippen LogP contribution in [0.4, 0.5) is 10.2 Å². The molecule has 10 heteroatoms. The van der Waals surface area contributed by atoms with Crippen molar-refractivity contribution in [2.24, 2.45) is 0 Å². The molecule has 4 aromatic rings. The van der Waals surface area contributed by atoms with Gasteiger partial charge in [-0.05, 0) is 77.6 Å². The van der Waals surface area contributed by atoms with Crippen molar-refractivity contribution in [2.45, 2.75) is 71.7 Å². The molecular formula is C36H43FN4O5. The summed E-state index contributed by atoms with van der Waals surface area (Å²) >= 11 is 0. The lowest BCUT2D eigenvalue weighted by Crippen LogP contribution is -2.45. The second-order valence-electron chi connectivity index (χ2n) is 13.1. The van der Waals surface area contributed by atoms with E-state index in [4.69, 9.17) is 24.3 Å². The minimum absolute atomic E-state index is 0.137. The van der Waals surface area contributed by atoms with Crippen LogP contribution in [0.15, 0.2) is 55.1 Å². The second-order valence-corrected chi connectivity index (χ2v) is 13.1. The minimum Gasteiger partial charge on any atom is -0.507 e.